The smallest absolute Gasteiger partial charge is 0.497 e. The van der Waals surface area contributed by atoms with E-state index in [0.29, 0.717) is 11.5 Å². The normalized spacial score (nSPS) is 10.6. The summed E-state index contributed by atoms with van der Waals surface area (Å²) in [6, 6.07) is 64.9. The molecule has 0 radical (unpaired) electrons. The summed E-state index contributed by atoms with van der Waals surface area (Å²) in [5, 5.41) is 0. The Balaban J connectivity index is 0.00000392. The van der Waals surface area contributed by atoms with Crippen molar-refractivity contribution < 1.29 is 25.8 Å². The molecule has 0 unspecified atom stereocenters. The third kappa shape index (κ3) is 7.39. The molecule has 0 saturated carbocycles. The number of ether oxygens (including phenoxy) is 1. The molecule has 0 atom stereocenters. The predicted octanol–water partition coefficient (Wildman–Crippen LogP) is 11.9. The number of pyridine rings is 2. The molecule has 50 heavy (non-hydrogen) atoms. The van der Waals surface area contributed by atoms with Crippen molar-refractivity contribution in [2.75, 3.05) is 0 Å². The minimum Gasteiger partial charge on any atom is -0.497 e. The van der Waals surface area contributed by atoms with E-state index >= 15 is 0 Å². The third-order valence-electron chi connectivity index (χ3n) is 8.41. The maximum absolute atomic E-state index is 6.69. The van der Waals surface area contributed by atoms with Crippen molar-refractivity contribution in [1.82, 2.24) is 9.97 Å². The van der Waals surface area contributed by atoms with Gasteiger partial charge in [-0.25, -0.2) is 0 Å². The molecule has 8 rings (SSSR count). The van der Waals surface area contributed by atoms with Crippen molar-refractivity contribution in [2.45, 2.75) is 0 Å². The zero-order valence-corrected chi connectivity index (χ0v) is 29.2. The second kappa shape index (κ2) is 15.1. The van der Waals surface area contributed by atoms with Gasteiger partial charge in [0.2, 0.25) is 0 Å². The quantitative estimate of drug-likeness (QED) is 0.143. The molecule has 0 aliphatic heterocycles. The minimum atomic E-state index is 0. The summed E-state index contributed by atoms with van der Waals surface area (Å²) in [5.41, 5.74) is 11.9. The summed E-state index contributed by atoms with van der Waals surface area (Å²) in [4.78, 5) is 9.51. The fourth-order valence-corrected chi connectivity index (χ4v) is 5.96. The molecule has 0 aliphatic rings. The zero-order valence-electron chi connectivity index (χ0n) is 26.9. The van der Waals surface area contributed by atoms with E-state index in [1.807, 2.05) is 109 Å². The van der Waals surface area contributed by atoms with Gasteiger partial charge in [-0.1, -0.05) is 169 Å². The Morgan fingerprint density at radius 1 is 0.340 bits per heavy atom. The first-order chi connectivity index (χ1) is 24.2. The standard InChI is InChI=1S/C46H30N2O.Pt/c1-5-13-33(14-6-1)37-21-23-47-45(31-37)41-25-39(35-17-9-3-10-18-35)27-43(29-41)49-44-28-40(36-19-11-4-12-20-36)26-42(30-44)46-32-38(22-24-48-46)34-15-7-2-8-16-34;/h1-28,31-32H;/q-2;+2. The topological polar surface area (TPSA) is 35.0 Å². The van der Waals surface area contributed by atoms with E-state index in [2.05, 4.69) is 84.9 Å². The van der Waals surface area contributed by atoms with Gasteiger partial charge in [-0.3, -0.25) is 0 Å². The molecule has 4 heteroatoms. The van der Waals surface area contributed by atoms with Crippen LogP contribution in [0.4, 0.5) is 0 Å². The van der Waals surface area contributed by atoms with Crippen LogP contribution in [0.2, 0.25) is 0 Å². The molecule has 0 aliphatic carbocycles. The summed E-state index contributed by atoms with van der Waals surface area (Å²) >= 11 is 0. The van der Waals surface area contributed by atoms with Crippen molar-refractivity contribution >= 4 is 0 Å². The Kier molecular flexibility index (Phi) is 9.87. The second-order valence-corrected chi connectivity index (χ2v) is 11.7. The zero-order chi connectivity index (χ0) is 32.8. The average molecular weight is 822 g/mol. The third-order valence-corrected chi connectivity index (χ3v) is 8.41. The molecule has 0 spiro atoms. The number of hydrogen-bond acceptors (Lipinski definition) is 3. The summed E-state index contributed by atoms with van der Waals surface area (Å²) in [5.74, 6) is 1.14. The molecule has 0 N–H and O–H groups in total. The summed E-state index contributed by atoms with van der Waals surface area (Å²) in [6.07, 6.45) is 3.70. The Hall–Kier alpha value is -5.89. The predicted molar refractivity (Wildman–Crippen MR) is 199 cm³/mol. The maximum Gasteiger partial charge on any atom is 2.00 e. The van der Waals surface area contributed by atoms with Crippen LogP contribution in [-0.4, -0.2) is 9.97 Å². The largest absolute Gasteiger partial charge is 2.00 e. The molecule has 8 aromatic rings. The van der Waals surface area contributed by atoms with Gasteiger partial charge in [0.1, 0.15) is 0 Å². The van der Waals surface area contributed by atoms with Gasteiger partial charge >= 0.3 is 21.1 Å². The van der Waals surface area contributed by atoms with Gasteiger partial charge in [0.15, 0.2) is 0 Å². The van der Waals surface area contributed by atoms with Crippen molar-refractivity contribution in [3.8, 4) is 78.5 Å². The van der Waals surface area contributed by atoms with Gasteiger partial charge in [0, 0.05) is 23.9 Å². The first-order valence-corrected chi connectivity index (χ1v) is 16.2. The van der Waals surface area contributed by atoms with Crippen LogP contribution in [0, 0.1) is 12.1 Å². The summed E-state index contributed by atoms with van der Waals surface area (Å²) in [6.45, 7) is 0. The molecule has 6 aromatic carbocycles. The molecule has 2 aromatic heterocycles. The van der Waals surface area contributed by atoms with Crippen molar-refractivity contribution in [2.24, 2.45) is 0 Å². The molecule has 240 valence electrons. The Morgan fingerprint density at radius 3 is 1.04 bits per heavy atom. The van der Waals surface area contributed by atoms with Crippen LogP contribution >= 0.6 is 0 Å². The molecule has 3 nitrogen and oxygen atoms in total. The molecule has 0 fully saturated rings. The number of benzene rings is 6. The number of aromatic nitrogens is 2. The Bertz CT molecular complexity index is 2180. The van der Waals surface area contributed by atoms with Crippen LogP contribution in [0.3, 0.4) is 0 Å². The number of nitrogens with zero attached hydrogens (tertiary/aromatic N) is 2. The summed E-state index contributed by atoms with van der Waals surface area (Å²) < 4.78 is 6.69. The Labute approximate surface area is 307 Å². The molecular weight excluding hydrogens is 792 g/mol. The van der Waals surface area contributed by atoms with Crippen LogP contribution in [0.5, 0.6) is 11.5 Å². The van der Waals surface area contributed by atoms with E-state index in [1.54, 1.807) is 0 Å². The maximum atomic E-state index is 6.69. The molecule has 2 heterocycles. The van der Waals surface area contributed by atoms with Gasteiger partial charge in [0.25, 0.3) is 0 Å². The van der Waals surface area contributed by atoms with Crippen LogP contribution in [0.25, 0.3) is 67.0 Å². The van der Waals surface area contributed by atoms with E-state index in [-0.39, 0.29) is 21.1 Å². The van der Waals surface area contributed by atoms with E-state index < -0.39 is 0 Å². The fourth-order valence-electron chi connectivity index (χ4n) is 5.96. The van der Waals surface area contributed by atoms with Gasteiger partial charge in [-0.15, -0.1) is 23.3 Å². The van der Waals surface area contributed by atoms with Crippen molar-refractivity contribution in [3.05, 3.63) is 194 Å². The summed E-state index contributed by atoms with van der Waals surface area (Å²) in [7, 11) is 0. The van der Waals surface area contributed by atoms with E-state index in [1.165, 1.54) is 0 Å². The Morgan fingerprint density at radius 2 is 0.680 bits per heavy atom. The number of rotatable bonds is 8. The van der Waals surface area contributed by atoms with E-state index in [0.717, 1.165) is 67.0 Å². The monoisotopic (exact) mass is 821 g/mol. The first kappa shape index (κ1) is 32.6. The first-order valence-electron chi connectivity index (χ1n) is 16.2. The van der Waals surface area contributed by atoms with Crippen LogP contribution in [0.1, 0.15) is 0 Å². The molecule has 0 amide bonds. The second-order valence-electron chi connectivity index (χ2n) is 11.7. The minimum absolute atomic E-state index is 0. The van der Waals surface area contributed by atoms with Gasteiger partial charge in [-0.05, 0) is 56.9 Å². The van der Waals surface area contributed by atoms with Crippen molar-refractivity contribution in [1.29, 1.82) is 0 Å². The molecule has 0 saturated heterocycles. The van der Waals surface area contributed by atoms with E-state index in [4.69, 9.17) is 14.7 Å². The molecular formula is C46H30N2OPt. The average Bonchev–Trinajstić information content (AvgIpc) is 3.19. The van der Waals surface area contributed by atoms with Crippen LogP contribution in [0.15, 0.2) is 182 Å². The SMILES string of the molecule is [Pt+2].[c-]1c(Oc2[c-]c(-c3cc(-c4ccccc4)ccn3)cc(-c3ccccc3)c2)cc(-c2ccccc2)cc1-c1cc(-c2ccccc2)ccn1. The van der Waals surface area contributed by atoms with Crippen LogP contribution < -0.4 is 4.74 Å². The van der Waals surface area contributed by atoms with Gasteiger partial charge < -0.3 is 14.7 Å². The van der Waals surface area contributed by atoms with Crippen molar-refractivity contribution in [3.63, 3.8) is 0 Å². The molecule has 0 bridgehead atoms. The van der Waals surface area contributed by atoms with Gasteiger partial charge in [0.05, 0.1) is 0 Å². The van der Waals surface area contributed by atoms with E-state index in [9.17, 15) is 0 Å². The number of hydrogen-bond donors (Lipinski definition) is 0. The van der Waals surface area contributed by atoms with Crippen LogP contribution in [-0.2, 0) is 21.1 Å². The fraction of sp³-hybridized carbons (Fsp3) is 0. The van der Waals surface area contributed by atoms with Gasteiger partial charge in [-0.2, -0.15) is 0 Å².